The van der Waals surface area contributed by atoms with Crippen molar-refractivity contribution in [2.75, 3.05) is 0 Å². The summed E-state index contributed by atoms with van der Waals surface area (Å²) in [6.07, 6.45) is 11.4. The van der Waals surface area contributed by atoms with Crippen LogP contribution in [0.25, 0.3) is 0 Å². The van der Waals surface area contributed by atoms with Gasteiger partial charge in [-0.3, -0.25) is 30.0 Å². The topological polar surface area (TPSA) is 116 Å². The van der Waals surface area contributed by atoms with Crippen LogP contribution in [0, 0.1) is 55.7 Å². The zero-order valence-corrected chi connectivity index (χ0v) is 28.0. The molecule has 3 saturated carbocycles. The van der Waals surface area contributed by atoms with Gasteiger partial charge in [0, 0.05) is 17.3 Å². The van der Waals surface area contributed by atoms with E-state index < -0.39 is 16.2 Å². The number of rotatable bonds is 5. The van der Waals surface area contributed by atoms with Gasteiger partial charge in [-0.1, -0.05) is 67.0 Å². The minimum atomic E-state index is -0.720. The molecular weight excluding hydrogens is 538 g/mol. The molecule has 2 amide bonds. The third-order valence-corrected chi connectivity index (χ3v) is 12.7. The molecule has 0 spiro atoms. The fraction of sp³-hybridized carbons (Fsp3) is 0.750. The highest BCUT2D eigenvalue weighted by molar-refractivity contribution is 6.04. The van der Waals surface area contributed by atoms with Crippen molar-refractivity contribution in [3.8, 4) is 6.07 Å². The first-order chi connectivity index (χ1) is 19.8. The summed E-state index contributed by atoms with van der Waals surface area (Å²) in [6.45, 7) is 18.8. The fourth-order valence-electron chi connectivity index (χ4n) is 9.96. The lowest BCUT2D eigenvalue weighted by atomic mass is 9.38. The van der Waals surface area contributed by atoms with E-state index in [1.54, 1.807) is 13.0 Å². The van der Waals surface area contributed by atoms with Crippen molar-refractivity contribution in [3.63, 3.8) is 0 Å². The number of fused-ring (bicyclic) bond motifs is 2. The molecule has 0 bridgehead atoms. The largest absolute Gasteiger partial charge is 0.295 e. The van der Waals surface area contributed by atoms with Gasteiger partial charge in [0.15, 0.2) is 11.6 Å². The number of hydrogen-bond acceptors (Lipinski definition) is 5. The minimum absolute atomic E-state index is 0.0271. The Morgan fingerprint density at radius 1 is 0.977 bits per heavy atom. The van der Waals surface area contributed by atoms with Crippen LogP contribution in [0.1, 0.15) is 127 Å². The molecule has 4 aliphatic rings. The fourth-order valence-corrected chi connectivity index (χ4v) is 9.96. The summed E-state index contributed by atoms with van der Waals surface area (Å²) in [5, 5.41) is 9.97. The second-order valence-corrected chi connectivity index (χ2v) is 16.3. The Morgan fingerprint density at radius 2 is 1.63 bits per heavy atom. The van der Waals surface area contributed by atoms with E-state index in [-0.39, 0.29) is 57.0 Å². The van der Waals surface area contributed by atoms with Crippen LogP contribution in [0.15, 0.2) is 23.3 Å². The smallest absolute Gasteiger partial charge is 0.244 e. The number of ketones is 2. The van der Waals surface area contributed by atoms with E-state index >= 15 is 0 Å². The lowest BCUT2D eigenvalue weighted by Crippen LogP contribution is -2.61. The lowest BCUT2D eigenvalue weighted by Gasteiger charge is -2.65. The first kappa shape index (κ1) is 33.1. The predicted octanol–water partition coefficient (Wildman–Crippen LogP) is 6.93. The number of nitriles is 1. The molecule has 7 nitrogen and oxygen atoms in total. The monoisotopic (exact) mass is 591 g/mol. The zero-order chi connectivity index (χ0) is 32.2. The van der Waals surface area contributed by atoms with Crippen molar-refractivity contribution in [1.82, 2.24) is 10.9 Å². The highest BCUT2D eigenvalue weighted by atomic mass is 16.2. The van der Waals surface area contributed by atoms with Crippen molar-refractivity contribution >= 4 is 23.4 Å². The Kier molecular flexibility index (Phi) is 8.48. The summed E-state index contributed by atoms with van der Waals surface area (Å²) < 4.78 is 0. The number of nitrogens with zero attached hydrogens (tertiary/aromatic N) is 1. The van der Waals surface area contributed by atoms with Crippen LogP contribution in [-0.2, 0) is 19.2 Å². The summed E-state index contributed by atoms with van der Waals surface area (Å²) in [4.78, 5) is 52.4. The summed E-state index contributed by atoms with van der Waals surface area (Å²) in [5.41, 5.74) is 4.29. The Bertz CT molecular complexity index is 1320. The van der Waals surface area contributed by atoms with Gasteiger partial charge >= 0.3 is 0 Å². The second kappa shape index (κ2) is 11.0. The number of allylic oxidation sites excluding steroid dienone is 4. The Labute approximate surface area is 258 Å². The van der Waals surface area contributed by atoms with Crippen molar-refractivity contribution in [1.29, 1.82) is 5.26 Å². The second-order valence-electron chi connectivity index (χ2n) is 16.3. The van der Waals surface area contributed by atoms with E-state index in [2.05, 4.69) is 51.5 Å². The Morgan fingerprint density at radius 3 is 2.23 bits per heavy atom. The number of nitrogens with one attached hydrogen (secondary N) is 2. The molecule has 4 aliphatic carbocycles. The standard InChI is InChI=1S/C36H53N3O4/c1-10-11-28(41)38-39-30(43)36-16-14-31(3,4)20-25(36)21-33(7,15-17-36)35(9)13-12-26-32(5,6)29(42)24(22-37)19-34(26,8)27(35)18-23(2)40/h18-19,25-26H,10-17,20-21H2,1-9H3,(H,38,41)(H,39,43)/b27-18-/t25-,26+,33-,34+,35-,36+/m1/s1. The van der Waals surface area contributed by atoms with Gasteiger partial charge in [0.2, 0.25) is 11.8 Å². The normalized spacial score (nSPS) is 39.0. The van der Waals surface area contributed by atoms with Crippen LogP contribution in [0.3, 0.4) is 0 Å². The first-order valence-electron chi connectivity index (χ1n) is 16.3. The van der Waals surface area contributed by atoms with Gasteiger partial charge in [0.05, 0.1) is 11.0 Å². The molecule has 0 unspecified atom stereocenters. The summed E-state index contributed by atoms with van der Waals surface area (Å²) in [6, 6.07) is 2.17. The number of hydrogen-bond donors (Lipinski definition) is 2. The molecule has 3 fully saturated rings. The van der Waals surface area contributed by atoms with Gasteiger partial charge in [0.1, 0.15) is 6.07 Å². The molecule has 0 radical (unpaired) electrons. The highest BCUT2D eigenvalue weighted by Gasteiger charge is 2.65. The van der Waals surface area contributed by atoms with Gasteiger partial charge < -0.3 is 0 Å². The van der Waals surface area contributed by atoms with Gasteiger partial charge in [-0.15, -0.1) is 0 Å². The van der Waals surface area contributed by atoms with Crippen LogP contribution in [0.5, 0.6) is 0 Å². The third-order valence-electron chi connectivity index (χ3n) is 12.7. The van der Waals surface area contributed by atoms with E-state index in [1.165, 1.54) is 0 Å². The molecular formula is C36H53N3O4. The molecule has 6 atom stereocenters. The van der Waals surface area contributed by atoms with Crippen molar-refractivity contribution in [2.45, 2.75) is 127 Å². The highest BCUT2D eigenvalue weighted by Crippen LogP contribution is 2.71. The average Bonchev–Trinajstić information content (AvgIpc) is 2.91. The number of carbonyl (C=O) groups is 4. The maximum absolute atomic E-state index is 13.9. The van der Waals surface area contributed by atoms with Crippen LogP contribution in [0.2, 0.25) is 0 Å². The molecule has 0 aromatic carbocycles. The molecule has 0 heterocycles. The average molecular weight is 592 g/mol. The molecule has 2 N–H and O–H groups in total. The Balaban J connectivity index is 1.77. The molecule has 0 aliphatic heterocycles. The Hall–Kier alpha value is -2.75. The van der Waals surface area contributed by atoms with Crippen molar-refractivity contribution < 1.29 is 19.2 Å². The van der Waals surface area contributed by atoms with Gasteiger partial charge in [0.25, 0.3) is 0 Å². The van der Waals surface area contributed by atoms with Crippen LogP contribution < -0.4 is 10.9 Å². The first-order valence-corrected chi connectivity index (χ1v) is 16.3. The van der Waals surface area contributed by atoms with Crippen LogP contribution in [-0.4, -0.2) is 23.4 Å². The molecule has 0 saturated heterocycles. The van der Waals surface area contributed by atoms with Crippen molar-refractivity contribution in [3.05, 3.63) is 23.3 Å². The van der Waals surface area contributed by atoms with Crippen LogP contribution in [0.4, 0.5) is 0 Å². The van der Waals surface area contributed by atoms with E-state index in [9.17, 15) is 24.4 Å². The number of hydrazine groups is 1. The molecule has 7 heteroatoms. The van der Waals surface area contributed by atoms with Gasteiger partial charge in [-0.2, -0.15) is 5.26 Å². The summed E-state index contributed by atoms with van der Waals surface area (Å²) in [7, 11) is 0. The molecule has 0 aromatic rings. The summed E-state index contributed by atoms with van der Waals surface area (Å²) in [5.74, 6) is -0.295. The number of carbonyl (C=O) groups excluding carboxylic acids is 4. The van der Waals surface area contributed by atoms with Gasteiger partial charge in [-0.25, -0.2) is 0 Å². The van der Waals surface area contributed by atoms with E-state index in [4.69, 9.17) is 0 Å². The zero-order valence-electron chi connectivity index (χ0n) is 28.0. The van der Waals surface area contributed by atoms with E-state index in [0.717, 1.165) is 50.5 Å². The minimum Gasteiger partial charge on any atom is -0.295 e. The molecule has 43 heavy (non-hydrogen) atoms. The predicted molar refractivity (Wildman–Crippen MR) is 167 cm³/mol. The molecule has 4 rings (SSSR count). The SMILES string of the molecule is CCCC(=O)NNC(=O)[C@]12CCC(C)(C)C[C@@H]1C[C@](C)([C@]1(C)CC[C@H]3C(C)(C)C(=O)C(C#N)=C[C@]3(C)/C1=C/C(C)=O)CC2. The van der Waals surface area contributed by atoms with Crippen molar-refractivity contribution in [2.24, 2.45) is 44.3 Å². The van der Waals surface area contributed by atoms with Gasteiger partial charge in [-0.05, 0) is 98.9 Å². The number of amides is 2. The summed E-state index contributed by atoms with van der Waals surface area (Å²) >= 11 is 0. The maximum Gasteiger partial charge on any atom is 0.244 e. The third kappa shape index (κ3) is 5.31. The molecule has 236 valence electrons. The van der Waals surface area contributed by atoms with E-state index in [1.807, 2.05) is 26.8 Å². The maximum atomic E-state index is 13.9. The number of Topliss-reactive ketones (excluding diaryl/α,β-unsaturated/α-hetero) is 1. The quantitative estimate of drug-likeness (QED) is 0.266. The van der Waals surface area contributed by atoms with E-state index in [0.29, 0.717) is 19.3 Å². The van der Waals surface area contributed by atoms with Crippen LogP contribution >= 0.6 is 0 Å². The lowest BCUT2D eigenvalue weighted by molar-refractivity contribution is -0.156. The molecule has 0 aromatic heterocycles.